The summed E-state index contributed by atoms with van der Waals surface area (Å²) in [5.74, 6) is 0. The molecular weight excluding hydrogens is 326 g/mol. The van der Waals surface area contributed by atoms with Crippen molar-refractivity contribution >= 4 is 33.2 Å². The molecule has 0 aromatic heterocycles. The van der Waals surface area contributed by atoms with Gasteiger partial charge in [-0.3, -0.25) is 0 Å². The fraction of sp³-hybridized carbons (Fsp3) is 0.600. The van der Waals surface area contributed by atoms with Gasteiger partial charge in [-0.25, -0.2) is 8.42 Å². The highest BCUT2D eigenvalue weighted by atomic mass is 35.5. The van der Waals surface area contributed by atoms with E-state index in [1.165, 1.54) is 6.26 Å². The molecule has 3 nitrogen and oxygen atoms in total. The third-order valence-corrected chi connectivity index (χ3v) is 7.07. The first kappa shape index (κ1) is 18.8. The normalized spacial score (nSPS) is 12.6. The summed E-state index contributed by atoms with van der Waals surface area (Å²) in [5.41, 5.74) is 0.656. The van der Waals surface area contributed by atoms with Crippen LogP contribution in [0.5, 0.6) is 0 Å². The number of sulfone groups is 1. The Morgan fingerprint density at radius 1 is 1.29 bits per heavy atom. The summed E-state index contributed by atoms with van der Waals surface area (Å²) in [5, 5.41) is 3.87. The Morgan fingerprint density at radius 3 is 2.38 bits per heavy atom. The first-order valence-corrected chi connectivity index (χ1v) is 10.5. The van der Waals surface area contributed by atoms with Crippen LogP contribution in [-0.2, 0) is 16.4 Å². The molecule has 0 radical (unpaired) electrons. The smallest absolute Gasteiger partial charge is 0.175 e. The van der Waals surface area contributed by atoms with Crippen molar-refractivity contribution < 1.29 is 8.42 Å². The Morgan fingerprint density at radius 2 is 1.90 bits per heavy atom. The SMILES string of the molecule is CCC(CC)(CNCc1c(Cl)cccc1S(C)(=O)=O)SC. The van der Waals surface area contributed by atoms with E-state index in [4.69, 9.17) is 11.6 Å². The van der Waals surface area contributed by atoms with Crippen LogP contribution in [0.1, 0.15) is 32.3 Å². The number of rotatable bonds is 8. The van der Waals surface area contributed by atoms with E-state index in [0.29, 0.717) is 22.0 Å². The molecule has 0 aliphatic rings. The highest BCUT2D eigenvalue weighted by Crippen LogP contribution is 2.30. The molecule has 0 bridgehead atoms. The zero-order chi connectivity index (χ0) is 16.1. The lowest BCUT2D eigenvalue weighted by molar-refractivity contribution is 0.493. The van der Waals surface area contributed by atoms with Gasteiger partial charge < -0.3 is 5.32 Å². The van der Waals surface area contributed by atoms with E-state index in [1.54, 1.807) is 18.2 Å². The number of nitrogens with one attached hydrogen (secondary N) is 1. The molecular formula is C15H24ClNO2S2. The standard InChI is InChI=1S/C15H24ClNO2S2/c1-5-15(6-2,20-3)11-17-10-12-13(16)8-7-9-14(12)21(4,18)19/h7-9,17H,5-6,10-11H2,1-4H3. The van der Waals surface area contributed by atoms with Crippen LogP contribution in [0.2, 0.25) is 5.02 Å². The van der Waals surface area contributed by atoms with Gasteiger partial charge in [-0.1, -0.05) is 31.5 Å². The summed E-state index contributed by atoms with van der Waals surface area (Å²) in [6, 6.07) is 5.01. The molecule has 1 aromatic carbocycles. The van der Waals surface area contributed by atoms with Crippen LogP contribution in [0, 0.1) is 0 Å². The maximum Gasteiger partial charge on any atom is 0.175 e. The van der Waals surface area contributed by atoms with E-state index in [1.807, 2.05) is 11.8 Å². The fourth-order valence-corrected chi connectivity index (χ4v) is 4.41. The number of thioether (sulfide) groups is 1. The largest absolute Gasteiger partial charge is 0.311 e. The number of hydrogen-bond donors (Lipinski definition) is 1. The van der Waals surface area contributed by atoms with E-state index in [9.17, 15) is 8.42 Å². The van der Waals surface area contributed by atoms with Gasteiger partial charge in [0.05, 0.1) is 4.90 Å². The molecule has 0 heterocycles. The maximum absolute atomic E-state index is 11.8. The average Bonchev–Trinajstić information content (AvgIpc) is 2.44. The van der Waals surface area contributed by atoms with Gasteiger partial charge in [0.25, 0.3) is 0 Å². The van der Waals surface area contributed by atoms with Crippen molar-refractivity contribution in [2.45, 2.75) is 42.9 Å². The molecule has 0 saturated heterocycles. The minimum Gasteiger partial charge on any atom is -0.311 e. The van der Waals surface area contributed by atoms with E-state index in [0.717, 1.165) is 19.4 Å². The minimum atomic E-state index is -3.27. The molecule has 0 unspecified atom stereocenters. The molecule has 6 heteroatoms. The molecule has 1 aromatic rings. The fourth-order valence-electron chi connectivity index (χ4n) is 2.33. The molecule has 0 atom stereocenters. The van der Waals surface area contributed by atoms with E-state index >= 15 is 0 Å². The second-order valence-electron chi connectivity index (χ2n) is 5.19. The van der Waals surface area contributed by atoms with Gasteiger partial charge in [-0.15, -0.1) is 0 Å². The predicted octanol–water partition coefficient (Wildman–Crippen LogP) is 3.75. The molecule has 1 N–H and O–H groups in total. The summed E-state index contributed by atoms with van der Waals surface area (Å²) in [7, 11) is -3.27. The maximum atomic E-state index is 11.8. The zero-order valence-corrected chi connectivity index (χ0v) is 15.5. The van der Waals surface area contributed by atoms with Gasteiger partial charge in [-0.05, 0) is 31.2 Å². The van der Waals surface area contributed by atoms with Crippen molar-refractivity contribution in [3.05, 3.63) is 28.8 Å². The lowest BCUT2D eigenvalue weighted by Gasteiger charge is -2.30. The second-order valence-corrected chi connectivity index (χ2v) is 8.85. The van der Waals surface area contributed by atoms with E-state index < -0.39 is 9.84 Å². The van der Waals surface area contributed by atoms with Gasteiger partial charge in [0.1, 0.15) is 0 Å². The van der Waals surface area contributed by atoms with Gasteiger partial charge in [0.15, 0.2) is 9.84 Å². The molecule has 21 heavy (non-hydrogen) atoms. The van der Waals surface area contributed by atoms with Crippen molar-refractivity contribution in [3.63, 3.8) is 0 Å². The first-order valence-electron chi connectivity index (χ1n) is 7.03. The van der Waals surface area contributed by atoms with Crippen LogP contribution in [0.4, 0.5) is 0 Å². The monoisotopic (exact) mass is 349 g/mol. The quantitative estimate of drug-likeness (QED) is 0.776. The summed E-state index contributed by atoms with van der Waals surface area (Å²) in [6.45, 7) is 5.65. The zero-order valence-electron chi connectivity index (χ0n) is 13.1. The van der Waals surface area contributed by atoms with Gasteiger partial charge in [0.2, 0.25) is 0 Å². The summed E-state index contributed by atoms with van der Waals surface area (Å²) in [4.78, 5) is 0.310. The predicted molar refractivity (Wildman–Crippen MR) is 93.1 cm³/mol. The Balaban J connectivity index is 2.90. The van der Waals surface area contributed by atoms with Crippen LogP contribution in [0.15, 0.2) is 23.1 Å². The van der Waals surface area contributed by atoms with Crippen molar-refractivity contribution in [1.29, 1.82) is 0 Å². The van der Waals surface area contributed by atoms with E-state index in [2.05, 4.69) is 25.4 Å². The van der Waals surface area contributed by atoms with Crippen LogP contribution >= 0.6 is 23.4 Å². The van der Waals surface area contributed by atoms with Crippen molar-refractivity contribution in [3.8, 4) is 0 Å². The number of hydrogen-bond acceptors (Lipinski definition) is 4. The Kier molecular flexibility index (Phi) is 7.04. The van der Waals surface area contributed by atoms with Gasteiger partial charge in [-0.2, -0.15) is 11.8 Å². The Labute approximate surface area is 137 Å². The topological polar surface area (TPSA) is 46.2 Å². The molecule has 0 saturated carbocycles. The first-order chi connectivity index (χ1) is 9.79. The second kappa shape index (κ2) is 7.86. The van der Waals surface area contributed by atoms with Crippen LogP contribution in [0.25, 0.3) is 0 Å². The van der Waals surface area contributed by atoms with Crippen molar-refractivity contribution in [1.82, 2.24) is 5.32 Å². The molecule has 0 spiro atoms. The summed E-state index contributed by atoms with van der Waals surface area (Å²) < 4.78 is 23.9. The Bertz CT molecular complexity index is 561. The molecule has 0 amide bonds. The molecule has 0 fully saturated rings. The molecule has 0 aliphatic carbocycles. The average molecular weight is 350 g/mol. The molecule has 1 rings (SSSR count). The third-order valence-electron chi connectivity index (χ3n) is 3.95. The third kappa shape index (κ3) is 4.88. The minimum absolute atomic E-state index is 0.187. The summed E-state index contributed by atoms with van der Waals surface area (Å²) >= 11 is 8.03. The van der Waals surface area contributed by atoms with Crippen LogP contribution in [0.3, 0.4) is 0 Å². The highest BCUT2D eigenvalue weighted by Gasteiger charge is 2.24. The Hall–Kier alpha value is -0.230. The van der Waals surface area contributed by atoms with Crippen molar-refractivity contribution in [2.24, 2.45) is 0 Å². The lowest BCUT2D eigenvalue weighted by Crippen LogP contribution is -2.36. The number of halogens is 1. The number of benzene rings is 1. The molecule has 0 aliphatic heterocycles. The summed E-state index contributed by atoms with van der Waals surface area (Å²) in [6.07, 6.45) is 5.47. The van der Waals surface area contributed by atoms with Crippen LogP contribution < -0.4 is 5.32 Å². The van der Waals surface area contributed by atoms with Crippen LogP contribution in [-0.4, -0.2) is 32.2 Å². The highest BCUT2D eigenvalue weighted by molar-refractivity contribution is 8.00. The van der Waals surface area contributed by atoms with Gasteiger partial charge >= 0.3 is 0 Å². The molecule has 120 valence electrons. The van der Waals surface area contributed by atoms with Crippen molar-refractivity contribution in [2.75, 3.05) is 19.1 Å². The van der Waals surface area contributed by atoms with E-state index in [-0.39, 0.29) is 4.75 Å². The van der Waals surface area contributed by atoms with Gasteiger partial charge in [0, 0.05) is 34.7 Å². The lowest BCUT2D eigenvalue weighted by atomic mass is 10.0.